The third-order valence-corrected chi connectivity index (χ3v) is 7.71. The Bertz CT molecular complexity index is 916. The van der Waals surface area contributed by atoms with Crippen molar-refractivity contribution in [2.24, 2.45) is 0 Å². The Morgan fingerprint density at radius 3 is 2.71 bits per heavy atom. The van der Waals surface area contributed by atoms with E-state index in [1.807, 2.05) is 23.7 Å². The molecule has 0 aromatic heterocycles. The van der Waals surface area contributed by atoms with E-state index in [1.165, 1.54) is 47.0 Å². The molecule has 0 atom stereocenters. The predicted octanol–water partition coefficient (Wildman–Crippen LogP) is 6.24. The fraction of sp³-hybridized carbons (Fsp3) is 0.304. The van der Waals surface area contributed by atoms with Gasteiger partial charge in [-0.1, -0.05) is 25.3 Å². The monoisotopic (exact) mass is 409 g/mol. The van der Waals surface area contributed by atoms with Crippen molar-refractivity contribution in [2.45, 2.75) is 29.6 Å². The molecule has 0 aliphatic carbocycles. The lowest BCUT2D eigenvalue weighted by molar-refractivity contribution is 0.586. The number of hydrogen-bond acceptors (Lipinski definition) is 5. The van der Waals surface area contributed by atoms with E-state index in [1.54, 1.807) is 0 Å². The van der Waals surface area contributed by atoms with Crippen LogP contribution in [0.2, 0.25) is 0 Å². The smallest absolute Gasteiger partial charge is 0.0550 e. The first-order chi connectivity index (χ1) is 13.5. The van der Waals surface area contributed by atoms with Crippen molar-refractivity contribution in [3.63, 3.8) is 0 Å². The molecule has 1 saturated heterocycles. The van der Waals surface area contributed by atoms with E-state index in [2.05, 4.69) is 78.0 Å². The first-order valence-corrected chi connectivity index (χ1v) is 11.5. The SMILES string of the molecule is C=C(Nc1ccc(C)c(SN2CCCC2)c1)c1ccc2c(c1)N(C)C(=C)CS2. The van der Waals surface area contributed by atoms with E-state index in [9.17, 15) is 0 Å². The van der Waals surface area contributed by atoms with E-state index in [0.29, 0.717) is 0 Å². The van der Waals surface area contributed by atoms with E-state index < -0.39 is 0 Å². The minimum atomic E-state index is 0.915. The Hall–Kier alpha value is -1.82. The number of anilines is 2. The Morgan fingerprint density at radius 2 is 1.93 bits per heavy atom. The van der Waals surface area contributed by atoms with E-state index in [-0.39, 0.29) is 0 Å². The Morgan fingerprint density at radius 1 is 1.14 bits per heavy atom. The van der Waals surface area contributed by atoms with Crippen molar-refractivity contribution in [2.75, 3.05) is 36.1 Å². The van der Waals surface area contributed by atoms with Gasteiger partial charge in [0.1, 0.15) is 0 Å². The van der Waals surface area contributed by atoms with Gasteiger partial charge in [-0.25, -0.2) is 4.31 Å². The summed E-state index contributed by atoms with van der Waals surface area (Å²) in [6.07, 6.45) is 2.61. The number of fused-ring (bicyclic) bond motifs is 1. The number of benzene rings is 2. The lowest BCUT2D eigenvalue weighted by atomic mass is 10.1. The number of aryl methyl sites for hydroxylation is 1. The highest BCUT2D eigenvalue weighted by Crippen LogP contribution is 2.39. The van der Waals surface area contributed by atoms with Crippen molar-refractivity contribution in [1.29, 1.82) is 0 Å². The molecule has 5 heteroatoms. The fourth-order valence-electron chi connectivity index (χ4n) is 3.46. The van der Waals surface area contributed by atoms with E-state index in [0.717, 1.165) is 28.4 Å². The first-order valence-electron chi connectivity index (χ1n) is 9.69. The van der Waals surface area contributed by atoms with Crippen LogP contribution in [0.15, 0.2) is 65.0 Å². The summed E-state index contributed by atoms with van der Waals surface area (Å²) >= 11 is 3.72. The normalized spacial score (nSPS) is 16.9. The Kier molecular flexibility index (Phi) is 5.76. The minimum Gasteiger partial charge on any atom is -0.355 e. The molecule has 4 rings (SSSR count). The Labute approximate surface area is 177 Å². The van der Waals surface area contributed by atoms with Crippen molar-refractivity contribution in [1.82, 2.24) is 4.31 Å². The lowest BCUT2D eigenvalue weighted by Crippen LogP contribution is -2.21. The maximum absolute atomic E-state index is 4.29. The topological polar surface area (TPSA) is 18.5 Å². The molecule has 28 heavy (non-hydrogen) atoms. The molecule has 2 aliphatic heterocycles. The van der Waals surface area contributed by atoms with Gasteiger partial charge in [0.05, 0.1) is 5.69 Å². The average Bonchev–Trinajstić information content (AvgIpc) is 3.20. The molecular weight excluding hydrogens is 382 g/mol. The summed E-state index contributed by atoms with van der Waals surface area (Å²) in [7, 11) is 2.09. The molecule has 0 unspecified atom stereocenters. The van der Waals surface area contributed by atoms with Crippen molar-refractivity contribution >= 4 is 40.8 Å². The summed E-state index contributed by atoms with van der Waals surface area (Å²) in [5, 5.41) is 3.51. The molecule has 2 heterocycles. The van der Waals surface area contributed by atoms with Gasteiger partial charge in [-0.3, -0.25) is 0 Å². The summed E-state index contributed by atoms with van der Waals surface area (Å²) < 4.78 is 2.46. The molecule has 0 saturated carbocycles. The standard InChI is InChI=1S/C23H27N3S2/c1-16-7-9-20(14-23(16)28-26-11-5-6-12-26)24-18(3)19-8-10-22-21(13-19)25(4)17(2)15-27-22/h7-10,13-14,24H,2-3,5-6,11-12,15H2,1,4H3. The maximum Gasteiger partial charge on any atom is 0.0550 e. The zero-order valence-electron chi connectivity index (χ0n) is 16.6. The van der Waals surface area contributed by atoms with Crippen LogP contribution in [-0.4, -0.2) is 30.2 Å². The van der Waals surface area contributed by atoms with Gasteiger partial charge in [0.15, 0.2) is 0 Å². The fourth-order valence-corrected chi connectivity index (χ4v) is 5.59. The van der Waals surface area contributed by atoms with Crippen LogP contribution in [-0.2, 0) is 0 Å². The number of nitrogens with zero attached hydrogens (tertiary/aromatic N) is 2. The van der Waals surface area contributed by atoms with Crippen LogP contribution in [0.4, 0.5) is 11.4 Å². The van der Waals surface area contributed by atoms with Gasteiger partial charge in [0.25, 0.3) is 0 Å². The van der Waals surface area contributed by atoms with Crippen LogP contribution in [0.25, 0.3) is 5.70 Å². The number of thioether (sulfide) groups is 1. The molecule has 3 nitrogen and oxygen atoms in total. The zero-order chi connectivity index (χ0) is 19.7. The minimum absolute atomic E-state index is 0.915. The molecule has 0 bridgehead atoms. The third-order valence-electron chi connectivity index (χ3n) is 5.31. The van der Waals surface area contributed by atoms with Crippen molar-refractivity contribution < 1.29 is 0 Å². The second-order valence-electron chi connectivity index (χ2n) is 7.41. The van der Waals surface area contributed by atoms with Crippen LogP contribution in [0.5, 0.6) is 0 Å². The highest BCUT2D eigenvalue weighted by molar-refractivity contribution is 7.99. The molecule has 2 aromatic carbocycles. The highest BCUT2D eigenvalue weighted by atomic mass is 32.2. The lowest BCUT2D eigenvalue weighted by Gasteiger charge is -2.29. The van der Waals surface area contributed by atoms with Crippen LogP contribution >= 0.6 is 23.7 Å². The van der Waals surface area contributed by atoms with Gasteiger partial charge < -0.3 is 10.2 Å². The molecule has 2 aromatic rings. The second kappa shape index (κ2) is 8.27. The zero-order valence-corrected chi connectivity index (χ0v) is 18.3. The average molecular weight is 410 g/mol. The predicted molar refractivity (Wildman–Crippen MR) is 125 cm³/mol. The molecule has 1 N–H and O–H groups in total. The van der Waals surface area contributed by atoms with Gasteiger partial charge in [0, 0.05) is 52.8 Å². The largest absolute Gasteiger partial charge is 0.355 e. The van der Waals surface area contributed by atoms with Gasteiger partial charge >= 0.3 is 0 Å². The molecule has 146 valence electrons. The van der Waals surface area contributed by atoms with Gasteiger partial charge in [-0.05, 0) is 67.1 Å². The Balaban J connectivity index is 1.51. The van der Waals surface area contributed by atoms with E-state index in [4.69, 9.17) is 0 Å². The number of hydrogen-bond donors (Lipinski definition) is 1. The van der Waals surface area contributed by atoms with Gasteiger partial charge in [-0.2, -0.15) is 0 Å². The van der Waals surface area contributed by atoms with Gasteiger partial charge in [0.2, 0.25) is 0 Å². The number of nitrogens with one attached hydrogen (secondary N) is 1. The molecule has 2 aliphatic rings. The summed E-state index contributed by atoms with van der Waals surface area (Å²) in [4.78, 5) is 4.79. The summed E-state index contributed by atoms with van der Waals surface area (Å²) in [5.41, 5.74) is 6.76. The first kappa shape index (κ1) is 19.5. The highest BCUT2D eigenvalue weighted by Gasteiger charge is 2.18. The molecule has 0 spiro atoms. The maximum atomic E-state index is 4.29. The molecule has 0 amide bonds. The van der Waals surface area contributed by atoms with Gasteiger partial charge in [-0.15, -0.1) is 11.8 Å². The van der Waals surface area contributed by atoms with E-state index >= 15 is 0 Å². The summed E-state index contributed by atoms with van der Waals surface area (Å²) in [5.74, 6) is 0.947. The van der Waals surface area contributed by atoms with Crippen molar-refractivity contribution in [3.8, 4) is 0 Å². The molecule has 0 radical (unpaired) electrons. The second-order valence-corrected chi connectivity index (χ2v) is 9.56. The molecular formula is C23H27N3S2. The quantitative estimate of drug-likeness (QED) is 0.588. The van der Waals surface area contributed by atoms with Crippen LogP contribution < -0.4 is 10.2 Å². The summed E-state index contributed by atoms with van der Waals surface area (Å²) in [6, 6.07) is 13.1. The molecule has 1 fully saturated rings. The van der Waals surface area contributed by atoms with Crippen molar-refractivity contribution in [3.05, 3.63) is 66.4 Å². The third kappa shape index (κ3) is 4.12. The van der Waals surface area contributed by atoms with Crippen LogP contribution in [0.1, 0.15) is 24.0 Å². The van der Waals surface area contributed by atoms with Crippen LogP contribution in [0.3, 0.4) is 0 Å². The number of rotatable bonds is 5. The summed E-state index contributed by atoms with van der Waals surface area (Å²) in [6.45, 7) is 13.0. The van der Waals surface area contributed by atoms with Crippen LogP contribution in [0, 0.1) is 6.92 Å².